The number of piperidine rings is 1. The van der Waals surface area contributed by atoms with Crippen molar-refractivity contribution in [2.75, 3.05) is 13.1 Å². The maximum Gasteiger partial charge on any atom is 0.237 e. The molecule has 1 aliphatic rings. The lowest BCUT2D eigenvalue weighted by Crippen LogP contribution is -2.48. The van der Waals surface area contributed by atoms with Crippen molar-refractivity contribution in [2.24, 2.45) is 5.92 Å². The SMILES string of the molecule is CCNC(=O)C1CCC(C)CN1. The minimum absolute atomic E-state index is 0.0566. The molecule has 0 aromatic rings. The zero-order valence-electron chi connectivity index (χ0n) is 7.89. The molecule has 0 saturated carbocycles. The number of hydrogen-bond donors (Lipinski definition) is 2. The summed E-state index contributed by atoms with van der Waals surface area (Å²) in [6, 6.07) is 0.0566. The zero-order chi connectivity index (χ0) is 8.97. The number of carbonyl (C=O) groups excluding carboxylic acids is 1. The van der Waals surface area contributed by atoms with E-state index in [0.717, 1.165) is 31.8 Å². The highest BCUT2D eigenvalue weighted by Crippen LogP contribution is 2.12. The fourth-order valence-electron chi connectivity index (χ4n) is 1.52. The first-order chi connectivity index (χ1) is 5.74. The Hall–Kier alpha value is -0.570. The topological polar surface area (TPSA) is 41.1 Å². The Bertz CT molecular complexity index is 151. The van der Waals surface area contributed by atoms with Gasteiger partial charge in [-0.3, -0.25) is 4.79 Å². The van der Waals surface area contributed by atoms with Gasteiger partial charge in [0.05, 0.1) is 6.04 Å². The number of nitrogens with one attached hydrogen (secondary N) is 2. The molecule has 0 bridgehead atoms. The Morgan fingerprint density at radius 2 is 2.33 bits per heavy atom. The summed E-state index contributed by atoms with van der Waals surface area (Å²) in [4.78, 5) is 11.3. The second-order valence-corrected chi connectivity index (χ2v) is 3.54. The van der Waals surface area contributed by atoms with E-state index >= 15 is 0 Å². The maximum atomic E-state index is 11.3. The lowest BCUT2D eigenvalue weighted by Gasteiger charge is -2.26. The van der Waals surface area contributed by atoms with Gasteiger partial charge in [0.25, 0.3) is 0 Å². The van der Waals surface area contributed by atoms with Crippen LogP contribution >= 0.6 is 0 Å². The van der Waals surface area contributed by atoms with Crippen molar-refractivity contribution in [3.05, 3.63) is 0 Å². The lowest BCUT2D eigenvalue weighted by molar-refractivity contribution is -0.123. The van der Waals surface area contributed by atoms with Crippen LogP contribution in [-0.2, 0) is 4.79 Å². The second kappa shape index (κ2) is 4.45. The molecule has 1 saturated heterocycles. The molecule has 0 spiro atoms. The van der Waals surface area contributed by atoms with E-state index in [2.05, 4.69) is 17.6 Å². The highest BCUT2D eigenvalue weighted by atomic mass is 16.2. The predicted molar refractivity (Wildman–Crippen MR) is 48.9 cm³/mol. The van der Waals surface area contributed by atoms with Crippen LogP contribution in [0.4, 0.5) is 0 Å². The maximum absolute atomic E-state index is 11.3. The lowest BCUT2D eigenvalue weighted by atomic mass is 9.96. The molecule has 1 amide bonds. The molecule has 3 nitrogen and oxygen atoms in total. The fourth-order valence-corrected chi connectivity index (χ4v) is 1.52. The van der Waals surface area contributed by atoms with Gasteiger partial charge in [-0.1, -0.05) is 6.92 Å². The van der Waals surface area contributed by atoms with E-state index in [1.165, 1.54) is 0 Å². The molecule has 0 aliphatic carbocycles. The quantitative estimate of drug-likeness (QED) is 0.634. The Morgan fingerprint density at radius 3 is 2.83 bits per heavy atom. The molecule has 0 aromatic heterocycles. The Kier molecular flexibility index (Phi) is 3.53. The van der Waals surface area contributed by atoms with Gasteiger partial charge in [-0.05, 0) is 32.2 Å². The second-order valence-electron chi connectivity index (χ2n) is 3.54. The summed E-state index contributed by atoms with van der Waals surface area (Å²) < 4.78 is 0. The summed E-state index contributed by atoms with van der Waals surface area (Å²) in [6.45, 7) is 5.86. The third kappa shape index (κ3) is 2.48. The highest BCUT2D eigenvalue weighted by molar-refractivity contribution is 5.81. The number of carbonyl (C=O) groups is 1. The molecule has 2 atom stereocenters. The summed E-state index contributed by atoms with van der Waals surface area (Å²) in [7, 11) is 0. The molecule has 0 radical (unpaired) electrons. The molecule has 1 aliphatic heterocycles. The first-order valence-corrected chi connectivity index (χ1v) is 4.75. The summed E-state index contributed by atoms with van der Waals surface area (Å²) in [5.41, 5.74) is 0. The van der Waals surface area contributed by atoms with E-state index < -0.39 is 0 Å². The van der Waals surface area contributed by atoms with Crippen molar-refractivity contribution < 1.29 is 4.79 Å². The van der Waals surface area contributed by atoms with Gasteiger partial charge in [-0.25, -0.2) is 0 Å². The monoisotopic (exact) mass is 170 g/mol. The van der Waals surface area contributed by atoms with Gasteiger partial charge in [0, 0.05) is 6.54 Å². The van der Waals surface area contributed by atoms with E-state index in [4.69, 9.17) is 0 Å². The largest absolute Gasteiger partial charge is 0.355 e. The minimum atomic E-state index is 0.0566. The van der Waals surface area contributed by atoms with E-state index in [9.17, 15) is 4.79 Å². The molecule has 2 unspecified atom stereocenters. The van der Waals surface area contributed by atoms with Gasteiger partial charge in [-0.2, -0.15) is 0 Å². The normalized spacial score (nSPS) is 29.8. The van der Waals surface area contributed by atoms with Gasteiger partial charge in [0.15, 0.2) is 0 Å². The van der Waals surface area contributed by atoms with Crippen molar-refractivity contribution in [1.29, 1.82) is 0 Å². The number of amides is 1. The molecule has 1 fully saturated rings. The summed E-state index contributed by atoms with van der Waals surface area (Å²) in [5, 5.41) is 6.07. The number of hydrogen-bond acceptors (Lipinski definition) is 2. The van der Waals surface area contributed by atoms with Gasteiger partial charge < -0.3 is 10.6 Å². The van der Waals surface area contributed by atoms with Crippen molar-refractivity contribution in [1.82, 2.24) is 10.6 Å². The van der Waals surface area contributed by atoms with Gasteiger partial charge >= 0.3 is 0 Å². The predicted octanol–water partition coefficient (Wildman–Crippen LogP) is 0.511. The smallest absolute Gasteiger partial charge is 0.237 e. The molecule has 1 heterocycles. The van der Waals surface area contributed by atoms with E-state index in [1.54, 1.807) is 0 Å². The van der Waals surface area contributed by atoms with Gasteiger partial charge in [-0.15, -0.1) is 0 Å². The Labute approximate surface area is 73.9 Å². The van der Waals surface area contributed by atoms with Crippen LogP contribution in [-0.4, -0.2) is 25.0 Å². The summed E-state index contributed by atoms with van der Waals surface area (Å²) in [6.07, 6.45) is 2.14. The average Bonchev–Trinajstić information content (AvgIpc) is 2.06. The van der Waals surface area contributed by atoms with E-state index in [-0.39, 0.29) is 11.9 Å². The first-order valence-electron chi connectivity index (χ1n) is 4.75. The minimum Gasteiger partial charge on any atom is -0.355 e. The first kappa shape index (κ1) is 9.52. The van der Waals surface area contributed by atoms with Crippen LogP contribution in [0.5, 0.6) is 0 Å². The molecule has 1 rings (SSSR count). The molecular formula is C9H18N2O. The average molecular weight is 170 g/mol. The number of rotatable bonds is 2. The molecule has 2 N–H and O–H groups in total. The van der Waals surface area contributed by atoms with Crippen LogP contribution in [0, 0.1) is 5.92 Å². The molecular weight excluding hydrogens is 152 g/mol. The van der Waals surface area contributed by atoms with Crippen molar-refractivity contribution in [3.8, 4) is 0 Å². The molecule has 12 heavy (non-hydrogen) atoms. The van der Waals surface area contributed by atoms with Crippen LogP contribution in [0.3, 0.4) is 0 Å². The van der Waals surface area contributed by atoms with Crippen molar-refractivity contribution in [3.63, 3.8) is 0 Å². The fraction of sp³-hybridized carbons (Fsp3) is 0.889. The van der Waals surface area contributed by atoms with E-state index in [1.807, 2.05) is 6.92 Å². The van der Waals surface area contributed by atoms with Gasteiger partial charge in [0.1, 0.15) is 0 Å². The third-order valence-corrected chi connectivity index (χ3v) is 2.33. The summed E-state index contributed by atoms with van der Waals surface area (Å²) in [5.74, 6) is 0.875. The van der Waals surface area contributed by atoms with Crippen LogP contribution in [0.25, 0.3) is 0 Å². The molecule has 3 heteroatoms. The van der Waals surface area contributed by atoms with E-state index in [0.29, 0.717) is 0 Å². The highest BCUT2D eigenvalue weighted by Gasteiger charge is 2.22. The van der Waals surface area contributed by atoms with Crippen molar-refractivity contribution >= 4 is 5.91 Å². The van der Waals surface area contributed by atoms with Crippen molar-refractivity contribution in [2.45, 2.75) is 32.7 Å². The Balaban J connectivity index is 2.29. The third-order valence-electron chi connectivity index (χ3n) is 2.33. The molecule has 0 aromatic carbocycles. The van der Waals surface area contributed by atoms with Crippen LogP contribution in [0.15, 0.2) is 0 Å². The van der Waals surface area contributed by atoms with Crippen LogP contribution in [0.2, 0.25) is 0 Å². The van der Waals surface area contributed by atoms with Gasteiger partial charge in [0.2, 0.25) is 5.91 Å². The zero-order valence-corrected chi connectivity index (χ0v) is 7.89. The number of likely N-dealkylation sites (N-methyl/N-ethyl adjacent to an activating group) is 1. The molecule has 70 valence electrons. The standard InChI is InChI=1S/C9H18N2O/c1-3-10-9(12)8-5-4-7(2)6-11-8/h7-8,11H,3-6H2,1-2H3,(H,10,12). The van der Waals surface area contributed by atoms with Crippen LogP contribution < -0.4 is 10.6 Å². The Morgan fingerprint density at radius 1 is 1.58 bits per heavy atom. The van der Waals surface area contributed by atoms with Crippen LogP contribution in [0.1, 0.15) is 26.7 Å². The summed E-state index contributed by atoms with van der Waals surface area (Å²) >= 11 is 0.